The molecule has 0 aliphatic carbocycles. The van der Waals surface area contributed by atoms with Gasteiger partial charge >= 0.3 is 11.8 Å². The lowest BCUT2D eigenvalue weighted by molar-refractivity contribution is -0.136. The highest BCUT2D eigenvalue weighted by Crippen LogP contribution is 2.12. The van der Waals surface area contributed by atoms with Crippen molar-refractivity contribution < 1.29 is 19.1 Å². The van der Waals surface area contributed by atoms with Gasteiger partial charge in [-0.3, -0.25) is 14.4 Å². The molecular formula is C24H22N4O4. The van der Waals surface area contributed by atoms with Crippen molar-refractivity contribution in [2.24, 2.45) is 5.10 Å². The molecule has 0 aliphatic rings. The van der Waals surface area contributed by atoms with Crippen molar-refractivity contribution in [1.29, 1.82) is 0 Å². The maximum Gasteiger partial charge on any atom is 0.329 e. The molecule has 3 aromatic carbocycles. The number of aryl methyl sites for hydroxylation is 1. The fourth-order valence-corrected chi connectivity index (χ4v) is 2.56. The van der Waals surface area contributed by atoms with E-state index in [1.165, 1.54) is 6.21 Å². The number of nitrogens with zero attached hydrogens (tertiary/aromatic N) is 1. The molecule has 8 heteroatoms. The monoisotopic (exact) mass is 430 g/mol. The number of para-hydroxylation sites is 1. The highest BCUT2D eigenvalue weighted by molar-refractivity contribution is 6.39. The molecule has 0 unspecified atom stereocenters. The standard InChI is InChI=1S/C24H22N4O4/c1-17-7-11-20(12-8-17)26-22(29)16-32-21-13-9-18(10-14-21)15-25-28-24(31)23(30)27-19-5-3-2-4-6-19/h2-15H,16H2,1H3,(H,26,29)(H,27,30)(H,28,31)/b25-15-. The normalized spacial score (nSPS) is 10.4. The first kappa shape index (κ1) is 22.2. The molecule has 0 heterocycles. The molecule has 0 bridgehead atoms. The molecule has 0 radical (unpaired) electrons. The Morgan fingerprint density at radius 3 is 2.16 bits per heavy atom. The first-order valence-corrected chi connectivity index (χ1v) is 9.78. The smallest absolute Gasteiger partial charge is 0.329 e. The second-order valence-corrected chi connectivity index (χ2v) is 6.79. The van der Waals surface area contributed by atoms with Crippen LogP contribution in [0.15, 0.2) is 84.0 Å². The van der Waals surface area contributed by atoms with Gasteiger partial charge in [0.1, 0.15) is 5.75 Å². The summed E-state index contributed by atoms with van der Waals surface area (Å²) in [4.78, 5) is 35.6. The Bertz CT molecular complexity index is 1100. The third-order valence-electron chi connectivity index (χ3n) is 4.20. The van der Waals surface area contributed by atoms with Crippen LogP contribution in [0.5, 0.6) is 5.75 Å². The maximum absolute atomic E-state index is 12.0. The van der Waals surface area contributed by atoms with Crippen molar-refractivity contribution in [3.63, 3.8) is 0 Å². The minimum atomic E-state index is -0.885. The fraction of sp³-hybridized carbons (Fsp3) is 0.0833. The van der Waals surface area contributed by atoms with Crippen molar-refractivity contribution >= 4 is 35.3 Å². The van der Waals surface area contributed by atoms with Gasteiger partial charge in [-0.05, 0) is 61.0 Å². The van der Waals surface area contributed by atoms with Gasteiger partial charge in [0.05, 0.1) is 6.21 Å². The number of carbonyl (C=O) groups is 3. The van der Waals surface area contributed by atoms with E-state index >= 15 is 0 Å². The average molecular weight is 430 g/mol. The molecule has 3 N–H and O–H groups in total. The summed E-state index contributed by atoms with van der Waals surface area (Å²) in [6.45, 7) is 1.84. The number of anilines is 2. The topological polar surface area (TPSA) is 109 Å². The summed E-state index contributed by atoms with van der Waals surface area (Å²) >= 11 is 0. The lowest BCUT2D eigenvalue weighted by Gasteiger charge is -2.08. The van der Waals surface area contributed by atoms with E-state index in [0.717, 1.165) is 5.56 Å². The summed E-state index contributed by atoms with van der Waals surface area (Å²) in [6, 6.07) is 22.9. The lowest BCUT2D eigenvalue weighted by atomic mass is 10.2. The van der Waals surface area contributed by atoms with Crippen LogP contribution in [0, 0.1) is 6.92 Å². The van der Waals surface area contributed by atoms with Crippen molar-refractivity contribution in [3.05, 3.63) is 90.0 Å². The number of rotatable bonds is 7. The Kier molecular flexibility index (Phi) is 7.69. The van der Waals surface area contributed by atoms with Crippen LogP contribution in [0.25, 0.3) is 0 Å². The van der Waals surface area contributed by atoms with Crippen LogP contribution in [0.4, 0.5) is 11.4 Å². The molecule has 32 heavy (non-hydrogen) atoms. The van der Waals surface area contributed by atoms with Crippen LogP contribution in [0.3, 0.4) is 0 Å². The highest BCUT2D eigenvalue weighted by Gasteiger charge is 2.12. The van der Waals surface area contributed by atoms with Crippen LogP contribution in [0.1, 0.15) is 11.1 Å². The quantitative estimate of drug-likeness (QED) is 0.304. The van der Waals surface area contributed by atoms with E-state index in [1.54, 1.807) is 54.6 Å². The van der Waals surface area contributed by atoms with E-state index in [9.17, 15) is 14.4 Å². The molecule has 0 fully saturated rings. The van der Waals surface area contributed by atoms with Gasteiger partial charge in [-0.1, -0.05) is 35.9 Å². The molecule has 0 atom stereocenters. The number of carbonyl (C=O) groups excluding carboxylic acids is 3. The summed E-state index contributed by atoms with van der Waals surface area (Å²) in [5, 5.41) is 8.99. The molecular weight excluding hydrogens is 408 g/mol. The summed E-state index contributed by atoms with van der Waals surface area (Å²) in [7, 11) is 0. The fourth-order valence-electron chi connectivity index (χ4n) is 2.56. The van der Waals surface area contributed by atoms with Crippen molar-refractivity contribution in [1.82, 2.24) is 5.43 Å². The van der Waals surface area contributed by atoms with Crippen molar-refractivity contribution in [2.45, 2.75) is 6.92 Å². The van der Waals surface area contributed by atoms with Gasteiger partial charge in [-0.15, -0.1) is 0 Å². The second kappa shape index (κ2) is 11.1. The van der Waals surface area contributed by atoms with Crippen LogP contribution in [-0.4, -0.2) is 30.5 Å². The van der Waals surface area contributed by atoms with E-state index in [1.807, 2.05) is 31.2 Å². The SMILES string of the molecule is Cc1ccc(NC(=O)COc2ccc(/C=N\NC(=O)C(=O)Nc3ccccc3)cc2)cc1. The van der Waals surface area contributed by atoms with Gasteiger partial charge < -0.3 is 15.4 Å². The summed E-state index contributed by atoms with van der Waals surface area (Å²) < 4.78 is 5.47. The van der Waals surface area contributed by atoms with Gasteiger partial charge in [0, 0.05) is 11.4 Å². The molecule has 8 nitrogen and oxygen atoms in total. The highest BCUT2D eigenvalue weighted by atomic mass is 16.5. The number of ether oxygens (including phenoxy) is 1. The second-order valence-electron chi connectivity index (χ2n) is 6.79. The van der Waals surface area contributed by atoms with E-state index in [4.69, 9.17) is 4.74 Å². The Hall–Kier alpha value is -4.46. The number of nitrogens with one attached hydrogen (secondary N) is 3. The van der Waals surface area contributed by atoms with Crippen molar-refractivity contribution in [3.8, 4) is 5.75 Å². The number of amides is 3. The molecule has 162 valence electrons. The zero-order valence-corrected chi connectivity index (χ0v) is 17.4. The molecule has 3 rings (SSSR count). The predicted octanol–water partition coefficient (Wildman–Crippen LogP) is 3.10. The third-order valence-corrected chi connectivity index (χ3v) is 4.20. The Labute approximate surface area is 185 Å². The number of hydrogen-bond acceptors (Lipinski definition) is 5. The molecule has 0 aliphatic heterocycles. The first-order valence-electron chi connectivity index (χ1n) is 9.78. The van der Waals surface area contributed by atoms with Crippen LogP contribution < -0.4 is 20.8 Å². The summed E-state index contributed by atoms with van der Waals surface area (Å²) in [5.74, 6) is -1.46. The zero-order chi connectivity index (χ0) is 22.8. The zero-order valence-electron chi connectivity index (χ0n) is 17.4. The van der Waals surface area contributed by atoms with Gasteiger partial charge in [0.25, 0.3) is 5.91 Å². The number of benzene rings is 3. The average Bonchev–Trinajstić information content (AvgIpc) is 2.80. The van der Waals surface area contributed by atoms with Gasteiger partial charge in [-0.25, -0.2) is 5.43 Å². The van der Waals surface area contributed by atoms with Gasteiger partial charge in [0.15, 0.2) is 6.61 Å². The predicted molar refractivity (Wildman–Crippen MR) is 123 cm³/mol. The third kappa shape index (κ3) is 7.10. The largest absolute Gasteiger partial charge is 0.484 e. The Morgan fingerprint density at radius 1 is 0.812 bits per heavy atom. The first-order chi connectivity index (χ1) is 15.5. The van der Waals surface area contributed by atoms with Crippen molar-refractivity contribution in [2.75, 3.05) is 17.2 Å². The molecule has 0 saturated carbocycles. The van der Waals surface area contributed by atoms with Crippen LogP contribution in [-0.2, 0) is 14.4 Å². The van der Waals surface area contributed by atoms with Crippen LogP contribution in [0.2, 0.25) is 0 Å². The molecule has 0 saturated heterocycles. The minimum absolute atomic E-state index is 0.131. The van der Waals surface area contributed by atoms with E-state index in [-0.39, 0.29) is 12.5 Å². The van der Waals surface area contributed by atoms with E-state index < -0.39 is 11.8 Å². The van der Waals surface area contributed by atoms with E-state index in [0.29, 0.717) is 22.7 Å². The lowest BCUT2D eigenvalue weighted by Crippen LogP contribution is -2.32. The Morgan fingerprint density at radius 2 is 1.47 bits per heavy atom. The molecule has 0 spiro atoms. The molecule has 0 aromatic heterocycles. The maximum atomic E-state index is 12.0. The van der Waals surface area contributed by atoms with E-state index in [2.05, 4.69) is 21.2 Å². The number of hydrazone groups is 1. The molecule has 3 amide bonds. The van der Waals surface area contributed by atoms with Crippen LogP contribution >= 0.6 is 0 Å². The molecule has 3 aromatic rings. The summed E-state index contributed by atoms with van der Waals surface area (Å²) in [5.41, 5.74) is 5.17. The van der Waals surface area contributed by atoms with Gasteiger partial charge in [0.2, 0.25) is 0 Å². The minimum Gasteiger partial charge on any atom is -0.484 e. The van der Waals surface area contributed by atoms with Gasteiger partial charge in [-0.2, -0.15) is 5.10 Å². The number of hydrogen-bond donors (Lipinski definition) is 3. The Balaban J connectivity index is 1.42. The summed E-state index contributed by atoms with van der Waals surface area (Å²) in [6.07, 6.45) is 1.39.